The van der Waals surface area contributed by atoms with Gasteiger partial charge in [-0.25, -0.2) is 4.79 Å². The highest BCUT2D eigenvalue weighted by Gasteiger charge is 2.09. The average Bonchev–Trinajstić information content (AvgIpc) is 2.48. The van der Waals surface area contributed by atoms with Crippen molar-refractivity contribution < 1.29 is 9.53 Å². The molecule has 21 heavy (non-hydrogen) atoms. The lowest BCUT2D eigenvalue weighted by molar-refractivity contribution is 0.0472. The molecule has 0 radical (unpaired) electrons. The van der Waals surface area contributed by atoms with Gasteiger partial charge in [0.25, 0.3) is 0 Å². The Balaban J connectivity index is 1.98. The van der Waals surface area contributed by atoms with Crippen LogP contribution in [0, 0.1) is 6.92 Å². The molecule has 0 amide bonds. The zero-order valence-corrected chi connectivity index (χ0v) is 12.7. The Bertz CT molecular complexity index is 630. The molecule has 2 rings (SSSR count). The van der Waals surface area contributed by atoms with Crippen LogP contribution in [-0.2, 0) is 11.3 Å². The van der Waals surface area contributed by atoms with Crippen LogP contribution in [0.5, 0.6) is 0 Å². The van der Waals surface area contributed by atoms with Crippen molar-refractivity contribution in [1.82, 2.24) is 0 Å². The van der Waals surface area contributed by atoms with Crippen LogP contribution in [-0.4, -0.2) is 5.97 Å². The molecule has 3 heteroatoms. The van der Waals surface area contributed by atoms with E-state index in [0.717, 1.165) is 11.1 Å². The van der Waals surface area contributed by atoms with Crippen LogP contribution in [0.15, 0.2) is 42.5 Å². The summed E-state index contributed by atoms with van der Waals surface area (Å²) in [6.07, 6.45) is 0. The Hall–Kier alpha value is -2.29. The molecule has 2 aromatic rings. The monoisotopic (exact) mass is 283 g/mol. The molecular formula is C18H21NO2. The molecule has 3 nitrogen and oxygen atoms in total. The lowest BCUT2D eigenvalue weighted by Crippen LogP contribution is -2.06. The molecule has 0 unspecified atom stereocenters. The summed E-state index contributed by atoms with van der Waals surface area (Å²) in [5.74, 6) is 0.172. The van der Waals surface area contributed by atoms with Crippen molar-refractivity contribution in [2.24, 2.45) is 0 Å². The first-order chi connectivity index (χ1) is 9.97. The quantitative estimate of drug-likeness (QED) is 0.680. The van der Waals surface area contributed by atoms with E-state index in [4.69, 9.17) is 10.5 Å². The molecule has 0 saturated carbocycles. The Labute approximate surface area is 125 Å². The van der Waals surface area contributed by atoms with Gasteiger partial charge < -0.3 is 10.5 Å². The highest BCUT2D eigenvalue weighted by Crippen LogP contribution is 2.16. The summed E-state index contributed by atoms with van der Waals surface area (Å²) in [7, 11) is 0. The van der Waals surface area contributed by atoms with Gasteiger partial charge in [-0.15, -0.1) is 0 Å². The predicted octanol–water partition coefficient (Wildman–Crippen LogP) is 4.06. The summed E-state index contributed by atoms with van der Waals surface area (Å²) in [6, 6.07) is 13.3. The minimum Gasteiger partial charge on any atom is -0.457 e. The number of carbonyl (C=O) groups excluding carboxylic acids is 1. The topological polar surface area (TPSA) is 52.3 Å². The fourth-order valence-corrected chi connectivity index (χ4v) is 2.03. The van der Waals surface area contributed by atoms with E-state index in [2.05, 4.69) is 26.0 Å². The van der Waals surface area contributed by atoms with Crippen molar-refractivity contribution in [3.8, 4) is 0 Å². The second kappa shape index (κ2) is 6.44. The third-order valence-corrected chi connectivity index (χ3v) is 3.52. The fourth-order valence-electron chi connectivity index (χ4n) is 2.03. The van der Waals surface area contributed by atoms with Gasteiger partial charge in [0.15, 0.2) is 0 Å². The summed E-state index contributed by atoms with van der Waals surface area (Å²) >= 11 is 0. The van der Waals surface area contributed by atoms with Crippen LogP contribution in [0.3, 0.4) is 0 Å². The molecule has 0 aliphatic carbocycles. The number of nitrogen functional groups attached to an aromatic ring is 1. The van der Waals surface area contributed by atoms with Gasteiger partial charge in [0.05, 0.1) is 5.56 Å². The van der Waals surface area contributed by atoms with E-state index >= 15 is 0 Å². The van der Waals surface area contributed by atoms with Crippen molar-refractivity contribution in [3.63, 3.8) is 0 Å². The average molecular weight is 283 g/mol. The zero-order chi connectivity index (χ0) is 15.4. The lowest BCUT2D eigenvalue weighted by atomic mass is 10.0. The first kappa shape index (κ1) is 15.1. The van der Waals surface area contributed by atoms with Crippen molar-refractivity contribution in [3.05, 3.63) is 64.7 Å². The molecule has 0 saturated heterocycles. The van der Waals surface area contributed by atoms with Crippen molar-refractivity contribution in [1.29, 1.82) is 0 Å². The molecule has 0 aromatic heterocycles. The van der Waals surface area contributed by atoms with Gasteiger partial charge in [-0.2, -0.15) is 0 Å². The van der Waals surface area contributed by atoms with Crippen LogP contribution < -0.4 is 5.73 Å². The molecule has 0 heterocycles. The van der Waals surface area contributed by atoms with E-state index in [1.165, 1.54) is 5.56 Å². The maximum atomic E-state index is 12.0. The summed E-state index contributed by atoms with van der Waals surface area (Å²) in [5, 5.41) is 0. The Morgan fingerprint density at radius 2 is 1.81 bits per heavy atom. The SMILES string of the molecule is Cc1cc(C(=O)OCc2ccc(C(C)C)cc2)ccc1N. The van der Waals surface area contributed by atoms with E-state index in [-0.39, 0.29) is 12.6 Å². The van der Waals surface area contributed by atoms with Crippen LogP contribution in [0.2, 0.25) is 0 Å². The Morgan fingerprint density at radius 1 is 1.14 bits per heavy atom. The molecule has 2 aromatic carbocycles. The number of hydrogen-bond donors (Lipinski definition) is 1. The van der Waals surface area contributed by atoms with Gasteiger partial charge in [0, 0.05) is 5.69 Å². The second-order valence-corrected chi connectivity index (χ2v) is 5.54. The van der Waals surface area contributed by atoms with Crippen molar-refractivity contribution in [2.75, 3.05) is 5.73 Å². The number of nitrogens with two attached hydrogens (primary N) is 1. The van der Waals surface area contributed by atoms with Crippen molar-refractivity contribution >= 4 is 11.7 Å². The molecule has 0 atom stereocenters. The summed E-state index contributed by atoms with van der Waals surface area (Å²) < 4.78 is 5.33. The van der Waals surface area contributed by atoms with Gasteiger partial charge in [0.1, 0.15) is 6.61 Å². The Morgan fingerprint density at radius 3 is 2.38 bits per heavy atom. The summed E-state index contributed by atoms with van der Waals surface area (Å²) in [4.78, 5) is 12.0. The van der Waals surface area contributed by atoms with Gasteiger partial charge >= 0.3 is 5.97 Å². The normalized spacial score (nSPS) is 10.7. The van der Waals surface area contributed by atoms with Gasteiger partial charge in [-0.05, 0) is 47.7 Å². The molecule has 110 valence electrons. The first-order valence-electron chi connectivity index (χ1n) is 7.09. The standard InChI is InChI=1S/C18H21NO2/c1-12(2)15-6-4-14(5-7-15)11-21-18(20)16-8-9-17(19)13(3)10-16/h4-10,12H,11,19H2,1-3H3. The maximum Gasteiger partial charge on any atom is 0.338 e. The molecule has 0 spiro atoms. The first-order valence-corrected chi connectivity index (χ1v) is 7.09. The highest BCUT2D eigenvalue weighted by molar-refractivity contribution is 5.90. The molecule has 0 bridgehead atoms. The molecular weight excluding hydrogens is 262 g/mol. The van der Waals surface area contributed by atoms with E-state index in [9.17, 15) is 4.79 Å². The van der Waals surface area contributed by atoms with Gasteiger partial charge in [-0.1, -0.05) is 38.1 Å². The largest absolute Gasteiger partial charge is 0.457 e. The smallest absolute Gasteiger partial charge is 0.338 e. The van der Waals surface area contributed by atoms with E-state index < -0.39 is 0 Å². The van der Waals surface area contributed by atoms with E-state index in [1.54, 1.807) is 18.2 Å². The number of esters is 1. The lowest BCUT2D eigenvalue weighted by Gasteiger charge is -2.09. The number of aryl methyl sites for hydroxylation is 1. The number of anilines is 1. The molecule has 0 aliphatic heterocycles. The van der Waals surface area contributed by atoms with E-state index in [0.29, 0.717) is 17.2 Å². The van der Waals surface area contributed by atoms with Crippen LogP contribution in [0.25, 0.3) is 0 Å². The minimum absolute atomic E-state index is 0.278. The third kappa shape index (κ3) is 3.85. The number of benzene rings is 2. The zero-order valence-electron chi connectivity index (χ0n) is 12.7. The van der Waals surface area contributed by atoms with E-state index in [1.807, 2.05) is 19.1 Å². The molecule has 2 N–H and O–H groups in total. The predicted molar refractivity (Wildman–Crippen MR) is 85.2 cm³/mol. The van der Waals surface area contributed by atoms with Gasteiger partial charge in [0.2, 0.25) is 0 Å². The van der Waals surface area contributed by atoms with Gasteiger partial charge in [-0.3, -0.25) is 0 Å². The minimum atomic E-state index is -0.328. The number of rotatable bonds is 4. The maximum absolute atomic E-state index is 12.0. The summed E-state index contributed by atoms with van der Waals surface area (Å²) in [6.45, 7) is 6.45. The van der Waals surface area contributed by atoms with Crippen molar-refractivity contribution in [2.45, 2.75) is 33.3 Å². The molecule has 0 aliphatic rings. The van der Waals surface area contributed by atoms with Crippen LogP contribution in [0.4, 0.5) is 5.69 Å². The fraction of sp³-hybridized carbons (Fsp3) is 0.278. The Kier molecular flexibility index (Phi) is 4.63. The summed E-state index contributed by atoms with van der Waals surface area (Å²) in [5.41, 5.74) is 10.1. The third-order valence-electron chi connectivity index (χ3n) is 3.52. The van der Waals surface area contributed by atoms with Crippen LogP contribution in [0.1, 0.15) is 46.8 Å². The second-order valence-electron chi connectivity index (χ2n) is 5.54. The molecule has 0 fully saturated rings. The number of carbonyl (C=O) groups is 1. The number of ether oxygens (including phenoxy) is 1. The number of hydrogen-bond acceptors (Lipinski definition) is 3. The van der Waals surface area contributed by atoms with Crippen LogP contribution >= 0.6 is 0 Å². The highest BCUT2D eigenvalue weighted by atomic mass is 16.5.